The van der Waals surface area contributed by atoms with Crippen molar-refractivity contribution in [3.63, 3.8) is 0 Å². The first-order valence-electron chi connectivity index (χ1n) is 8.60. The molecule has 0 atom stereocenters. The van der Waals surface area contributed by atoms with Crippen LogP contribution in [0, 0.1) is 6.92 Å². The summed E-state index contributed by atoms with van der Waals surface area (Å²) in [6.45, 7) is 4.24. The van der Waals surface area contributed by atoms with Crippen LogP contribution in [0.2, 0.25) is 5.02 Å². The Kier molecular flexibility index (Phi) is 4.67. The highest BCUT2D eigenvalue weighted by Crippen LogP contribution is 2.41. The minimum atomic E-state index is 0.260. The summed E-state index contributed by atoms with van der Waals surface area (Å²) >= 11 is 8.09. The average molecular weight is 373 g/mol. The van der Waals surface area contributed by atoms with Crippen molar-refractivity contribution in [1.82, 2.24) is 9.88 Å². The number of aromatic nitrogens is 1. The second-order valence-electron chi connectivity index (χ2n) is 6.71. The summed E-state index contributed by atoms with van der Waals surface area (Å²) in [5, 5.41) is 2.82. The van der Waals surface area contributed by atoms with E-state index in [0.29, 0.717) is 0 Å². The molecule has 25 heavy (non-hydrogen) atoms. The number of likely N-dealkylation sites (tertiary alicyclic amines) is 1. The van der Waals surface area contributed by atoms with Crippen molar-refractivity contribution in [3.8, 4) is 16.9 Å². The first-order chi connectivity index (χ1) is 12.1. The van der Waals surface area contributed by atoms with Gasteiger partial charge in [0.1, 0.15) is 11.9 Å². The number of rotatable bonds is 3. The maximum Gasteiger partial charge on any atom is 0.130 e. The molecule has 0 N–H and O–H groups in total. The Morgan fingerprint density at radius 3 is 2.80 bits per heavy atom. The van der Waals surface area contributed by atoms with E-state index in [0.717, 1.165) is 58.9 Å². The Hall–Kier alpha value is -1.62. The molecule has 0 radical (unpaired) electrons. The fourth-order valence-electron chi connectivity index (χ4n) is 3.44. The third kappa shape index (κ3) is 3.39. The molecular formula is C20H21ClN2OS. The lowest BCUT2D eigenvalue weighted by atomic mass is 10.0. The van der Waals surface area contributed by atoms with E-state index in [-0.39, 0.29) is 6.10 Å². The van der Waals surface area contributed by atoms with Gasteiger partial charge < -0.3 is 9.64 Å². The molecule has 0 aliphatic carbocycles. The average Bonchev–Trinajstić information content (AvgIpc) is 3.07. The number of benzene rings is 1. The van der Waals surface area contributed by atoms with E-state index in [1.807, 2.05) is 18.3 Å². The maximum absolute atomic E-state index is 6.50. The Labute approximate surface area is 157 Å². The molecule has 0 spiro atoms. The zero-order chi connectivity index (χ0) is 17.4. The predicted octanol–water partition coefficient (Wildman–Crippen LogP) is 5.40. The van der Waals surface area contributed by atoms with Crippen molar-refractivity contribution in [2.45, 2.75) is 25.9 Å². The summed E-state index contributed by atoms with van der Waals surface area (Å²) in [5.74, 6) is 0.958. The van der Waals surface area contributed by atoms with Crippen molar-refractivity contribution in [1.29, 1.82) is 0 Å². The van der Waals surface area contributed by atoms with Gasteiger partial charge in [0.25, 0.3) is 0 Å². The second kappa shape index (κ2) is 6.94. The molecule has 1 fully saturated rings. The summed E-state index contributed by atoms with van der Waals surface area (Å²) in [5.41, 5.74) is 4.32. The number of ether oxygens (including phenoxy) is 1. The van der Waals surface area contributed by atoms with Gasteiger partial charge >= 0.3 is 0 Å². The lowest BCUT2D eigenvalue weighted by Crippen LogP contribution is -2.35. The van der Waals surface area contributed by atoms with E-state index in [1.54, 1.807) is 11.3 Å². The summed E-state index contributed by atoms with van der Waals surface area (Å²) in [6.07, 6.45) is 4.24. The fraction of sp³-hybridized carbons (Fsp3) is 0.350. The van der Waals surface area contributed by atoms with Crippen molar-refractivity contribution in [2.75, 3.05) is 20.1 Å². The molecule has 130 valence electrons. The Morgan fingerprint density at radius 1 is 1.20 bits per heavy atom. The zero-order valence-electron chi connectivity index (χ0n) is 14.5. The van der Waals surface area contributed by atoms with Crippen molar-refractivity contribution in [3.05, 3.63) is 46.4 Å². The highest BCUT2D eigenvalue weighted by molar-refractivity contribution is 7.17. The first-order valence-corrected chi connectivity index (χ1v) is 9.85. The zero-order valence-corrected chi connectivity index (χ0v) is 16.0. The molecule has 0 amide bonds. The number of piperidine rings is 1. The first kappa shape index (κ1) is 16.8. The SMILES string of the molecule is Cc1cc(Cl)cc(-c2ccnc3ccsc23)c1OC1CCN(C)CC1. The van der Waals surface area contributed by atoms with Gasteiger partial charge in [-0.15, -0.1) is 11.3 Å². The number of fused-ring (bicyclic) bond motifs is 1. The number of nitrogens with zero attached hydrogens (tertiary/aromatic N) is 2. The van der Waals surface area contributed by atoms with Crippen LogP contribution >= 0.6 is 22.9 Å². The van der Waals surface area contributed by atoms with Crippen LogP contribution < -0.4 is 4.74 Å². The lowest BCUT2D eigenvalue weighted by Gasteiger charge is -2.30. The van der Waals surface area contributed by atoms with Gasteiger partial charge in [-0.25, -0.2) is 0 Å². The quantitative estimate of drug-likeness (QED) is 0.615. The lowest BCUT2D eigenvalue weighted by molar-refractivity contribution is 0.114. The number of thiophene rings is 1. The smallest absolute Gasteiger partial charge is 0.130 e. The molecule has 0 unspecified atom stereocenters. The van der Waals surface area contributed by atoms with E-state index in [2.05, 4.69) is 41.4 Å². The number of hydrogen-bond donors (Lipinski definition) is 0. The summed E-state index contributed by atoms with van der Waals surface area (Å²) in [4.78, 5) is 6.81. The van der Waals surface area contributed by atoms with Crippen molar-refractivity contribution >= 4 is 33.2 Å². The van der Waals surface area contributed by atoms with Gasteiger partial charge in [-0.2, -0.15) is 0 Å². The molecule has 1 aliphatic heterocycles. The number of pyridine rings is 1. The summed E-state index contributed by atoms with van der Waals surface area (Å²) in [6, 6.07) is 8.12. The molecule has 0 bridgehead atoms. The third-order valence-electron chi connectivity index (χ3n) is 4.82. The molecule has 1 aliphatic rings. The molecule has 1 saturated heterocycles. The topological polar surface area (TPSA) is 25.4 Å². The monoisotopic (exact) mass is 372 g/mol. The van der Waals surface area contributed by atoms with Crippen molar-refractivity contribution in [2.24, 2.45) is 0 Å². The standard InChI is InChI=1S/C20H21ClN2OS/c1-13-11-14(21)12-17(16-3-7-22-18-6-10-25-20(16)18)19(13)24-15-4-8-23(2)9-5-15/h3,6-7,10-12,15H,4-5,8-9H2,1-2H3. The minimum absolute atomic E-state index is 0.260. The van der Waals surface area contributed by atoms with E-state index < -0.39 is 0 Å². The van der Waals surface area contributed by atoms with Gasteiger partial charge in [0.15, 0.2) is 0 Å². The molecule has 1 aromatic carbocycles. The Balaban J connectivity index is 1.78. The van der Waals surface area contributed by atoms with Gasteiger partial charge in [-0.1, -0.05) is 11.6 Å². The molecule has 4 rings (SSSR count). The predicted molar refractivity (Wildman–Crippen MR) is 106 cm³/mol. The Morgan fingerprint density at radius 2 is 2.00 bits per heavy atom. The van der Waals surface area contributed by atoms with Gasteiger partial charge in [-0.05, 0) is 62.0 Å². The van der Waals surface area contributed by atoms with Crippen molar-refractivity contribution < 1.29 is 4.74 Å². The van der Waals surface area contributed by atoms with E-state index in [4.69, 9.17) is 16.3 Å². The Bertz CT molecular complexity index is 900. The van der Waals surface area contributed by atoms with Crippen LogP contribution in [-0.2, 0) is 0 Å². The molecule has 2 aromatic heterocycles. The fourth-order valence-corrected chi connectivity index (χ4v) is 4.59. The van der Waals surface area contributed by atoms with Gasteiger partial charge in [0.05, 0.1) is 10.2 Å². The summed E-state index contributed by atoms with van der Waals surface area (Å²) in [7, 11) is 2.17. The largest absolute Gasteiger partial charge is 0.489 e. The van der Waals surface area contributed by atoms with Crippen LogP contribution in [-0.4, -0.2) is 36.1 Å². The van der Waals surface area contributed by atoms with E-state index in [1.165, 1.54) is 4.70 Å². The van der Waals surface area contributed by atoms with Gasteiger partial charge in [0.2, 0.25) is 0 Å². The van der Waals surface area contributed by atoms with Crippen LogP contribution in [0.1, 0.15) is 18.4 Å². The van der Waals surface area contributed by atoms with E-state index in [9.17, 15) is 0 Å². The molecule has 3 nitrogen and oxygen atoms in total. The highest BCUT2D eigenvalue weighted by atomic mass is 35.5. The van der Waals surface area contributed by atoms with Gasteiger partial charge in [-0.3, -0.25) is 4.98 Å². The second-order valence-corrected chi connectivity index (χ2v) is 8.07. The molecular weight excluding hydrogens is 352 g/mol. The van der Waals surface area contributed by atoms with E-state index >= 15 is 0 Å². The normalized spacial score (nSPS) is 16.4. The third-order valence-corrected chi connectivity index (χ3v) is 5.98. The molecule has 5 heteroatoms. The molecule has 3 heterocycles. The van der Waals surface area contributed by atoms with Crippen LogP contribution in [0.4, 0.5) is 0 Å². The molecule has 0 saturated carbocycles. The van der Waals surface area contributed by atoms with Gasteiger partial charge in [0, 0.05) is 35.4 Å². The number of aryl methyl sites for hydroxylation is 1. The molecule has 3 aromatic rings. The number of halogens is 1. The number of hydrogen-bond acceptors (Lipinski definition) is 4. The van der Waals surface area contributed by atoms with Crippen LogP contribution in [0.15, 0.2) is 35.8 Å². The summed E-state index contributed by atoms with van der Waals surface area (Å²) < 4.78 is 7.68. The highest BCUT2D eigenvalue weighted by Gasteiger charge is 2.22. The minimum Gasteiger partial charge on any atom is -0.489 e. The van der Waals surface area contributed by atoms with Crippen LogP contribution in [0.5, 0.6) is 5.75 Å². The maximum atomic E-state index is 6.50. The van der Waals surface area contributed by atoms with Crippen LogP contribution in [0.3, 0.4) is 0 Å². The van der Waals surface area contributed by atoms with Crippen LogP contribution in [0.25, 0.3) is 21.3 Å².